The van der Waals surface area contributed by atoms with Gasteiger partial charge in [0.25, 0.3) is 0 Å². The largest absolute Gasteiger partial charge is 0.357 e. The molecule has 0 aliphatic heterocycles. The van der Waals surface area contributed by atoms with Gasteiger partial charge in [0.15, 0.2) is 6.29 Å². The standard InChI is InChI=1S/C16H20N2O/c1-5-18(6-2)16-13(10-19)9-14-11(3)7-8-12(4)15(14)17-16/h7-10H,5-6H2,1-4H3. The van der Waals surface area contributed by atoms with E-state index in [4.69, 9.17) is 4.98 Å². The number of aromatic nitrogens is 1. The number of carbonyl (C=O) groups excluding carboxylic acids is 1. The first-order chi connectivity index (χ1) is 9.12. The first-order valence-corrected chi connectivity index (χ1v) is 6.73. The first kappa shape index (κ1) is 13.5. The van der Waals surface area contributed by atoms with E-state index in [-0.39, 0.29) is 0 Å². The number of hydrogen-bond acceptors (Lipinski definition) is 3. The molecule has 19 heavy (non-hydrogen) atoms. The van der Waals surface area contributed by atoms with Crippen LogP contribution in [0.15, 0.2) is 18.2 Å². The molecule has 1 aromatic carbocycles. The Morgan fingerprint density at radius 2 is 1.79 bits per heavy atom. The Kier molecular flexibility index (Phi) is 3.84. The van der Waals surface area contributed by atoms with Crippen LogP contribution in [0, 0.1) is 13.8 Å². The van der Waals surface area contributed by atoms with Crippen molar-refractivity contribution in [3.63, 3.8) is 0 Å². The second-order valence-corrected chi connectivity index (χ2v) is 4.79. The molecule has 2 aromatic rings. The van der Waals surface area contributed by atoms with Gasteiger partial charge >= 0.3 is 0 Å². The predicted molar refractivity (Wildman–Crippen MR) is 80.2 cm³/mol. The third-order valence-corrected chi connectivity index (χ3v) is 3.60. The third kappa shape index (κ3) is 2.33. The van der Waals surface area contributed by atoms with E-state index in [1.165, 1.54) is 0 Å². The molecule has 1 aromatic heterocycles. The highest BCUT2D eigenvalue weighted by Gasteiger charge is 2.13. The van der Waals surface area contributed by atoms with Gasteiger partial charge in [0.2, 0.25) is 0 Å². The van der Waals surface area contributed by atoms with Crippen LogP contribution >= 0.6 is 0 Å². The van der Waals surface area contributed by atoms with Crippen molar-refractivity contribution < 1.29 is 4.79 Å². The smallest absolute Gasteiger partial charge is 0.153 e. The van der Waals surface area contributed by atoms with Crippen LogP contribution in [0.3, 0.4) is 0 Å². The molecular weight excluding hydrogens is 236 g/mol. The van der Waals surface area contributed by atoms with Crippen molar-refractivity contribution in [2.75, 3.05) is 18.0 Å². The molecule has 0 atom stereocenters. The van der Waals surface area contributed by atoms with Gasteiger partial charge in [-0.25, -0.2) is 4.98 Å². The summed E-state index contributed by atoms with van der Waals surface area (Å²) in [6.45, 7) is 9.96. The van der Waals surface area contributed by atoms with Crippen LogP contribution in [0.25, 0.3) is 10.9 Å². The molecule has 3 nitrogen and oxygen atoms in total. The Morgan fingerprint density at radius 3 is 2.37 bits per heavy atom. The molecule has 0 amide bonds. The monoisotopic (exact) mass is 256 g/mol. The number of pyridine rings is 1. The zero-order valence-corrected chi connectivity index (χ0v) is 12.0. The molecule has 2 rings (SSSR count). The molecule has 0 saturated heterocycles. The number of nitrogens with zero attached hydrogens (tertiary/aromatic N) is 2. The van der Waals surface area contributed by atoms with Gasteiger partial charge in [0.05, 0.1) is 11.1 Å². The van der Waals surface area contributed by atoms with Crippen LogP contribution in [-0.2, 0) is 0 Å². The summed E-state index contributed by atoms with van der Waals surface area (Å²) >= 11 is 0. The lowest BCUT2D eigenvalue weighted by atomic mass is 10.0. The topological polar surface area (TPSA) is 33.2 Å². The fraction of sp³-hybridized carbons (Fsp3) is 0.375. The summed E-state index contributed by atoms with van der Waals surface area (Å²) in [5.74, 6) is 0.793. The quantitative estimate of drug-likeness (QED) is 0.785. The van der Waals surface area contributed by atoms with Crippen molar-refractivity contribution in [1.82, 2.24) is 4.98 Å². The van der Waals surface area contributed by atoms with Crippen molar-refractivity contribution in [3.05, 3.63) is 34.9 Å². The molecule has 0 saturated carbocycles. The summed E-state index contributed by atoms with van der Waals surface area (Å²) in [5.41, 5.74) is 3.96. The summed E-state index contributed by atoms with van der Waals surface area (Å²) in [5, 5.41) is 1.07. The van der Waals surface area contributed by atoms with Crippen molar-refractivity contribution >= 4 is 23.0 Å². The van der Waals surface area contributed by atoms with E-state index in [9.17, 15) is 4.79 Å². The minimum absolute atomic E-state index is 0.671. The molecule has 0 unspecified atom stereocenters. The van der Waals surface area contributed by atoms with E-state index in [0.717, 1.165) is 47.2 Å². The molecule has 0 radical (unpaired) electrons. The Hall–Kier alpha value is -1.90. The summed E-state index contributed by atoms with van der Waals surface area (Å²) in [4.78, 5) is 18.2. The number of hydrogen-bond donors (Lipinski definition) is 0. The minimum Gasteiger partial charge on any atom is -0.357 e. The first-order valence-electron chi connectivity index (χ1n) is 6.73. The highest BCUT2D eigenvalue weighted by atomic mass is 16.1. The lowest BCUT2D eigenvalue weighted by Gasteiger charge is -2.22. The van der Waals surface area contributed by atoms with Crippen LogP contribution in [0.4, 0.5) is 5.82 Å². The molecule has 0 bridgehead atoms. The summed E-state index contributed by atoms with van der Waals surface area (Å²) < 4.78 is 0. The molecule has 0 fully saturated rings. The Balaban J connectivity index is 2.78. The van der Waals surface area contributed by atoms with Crippen molar-refractivity contribution in [3.8, 4) is 0 Å². The SMILES string of the molecule is CCN(CC)c1nc2c(C)ccc(C)c2cc1C=O. The number of benzene rings is 1. The molecule has 100 valence electrons. The number of carbonyl (C=O) groups is 1. The van der Waals surface area contributed by atoms with Gasteiger partial charge in [0, 0.05) is 18.5 Å². The minimum atomic E-state index is 0.671. The second kappa shape index (κ2) is 5.39. The number of rotatable bonds is 4. The van der Waals surface area contributed by atoms with Crippen molar-refractivity contribution in [1.29, 1.82) is 0 Å². The van der Waals surface area contributed by atoms with Crippen LogP contribution in [0.2, 0.25) is 0 Å². The number of anilines is 1. The Labute approximate surface area is 114 Å². The molecule has 0 aliphatic carbocycles. The molecule has 3 heteroatoms. The van der Waals surface area contributed by atoms with Gasteiger partial charge < -0.3 is 4.90 Å². The van der Waals surface area contributed by atoms with Gasteiger partial charge in [-0.15, -0.1) is 0 Å². The summed E-state index contributed by atoms with van der Waals surface area (Å²) in [6, 6.07) is 6.12. The molecule has 0 N–H and O–H groups in total. The lowest BCUT2D eigenvalue weighted by Crippen LogP contribution is -2.24. The maximum Gasteiger partial charge on any atom is 0.153 e. The van der Waals surface area contributed by atoms with E-state index < -0.39 is 0 Å². The van der Waals surface area contributed by atoms with Crippen molar-refractivity contribution in [2.24, 2.45) is 0 Å². The average molecular weight is 256 g/mol. The summed E-state index contributed by atoms with van der Waals surface area (Å²) in [7, 11) is 0. The van der Waals surface area contributed by atoms with Crippen LogP contribution in [0.1, 0.15) is 35.3 Å². The average Bonchev–Trinajstić information content (AvgIpc) is 2.44. The van der Waals surface area contributed by atoms with E-state index in [2.05, 4.69) is 44.7 Å². The van der Waals surface area contributed by atoms with Gasteiger partial charge in [-0.05, 0) is 44.9 Å². The normalized spacial score (nSPS) is 10.7. The molecule has 1 heterocycles. The number of aldehydes is 1. The van der Waals surface area contributed by atoms with Crippen LogP contribution in [0.5, 0.6) is 0 Å². The fourth-order valence-corrected chi connectivity index (χ4v) is 2.40. The van der Waals surface area contributed by atoms with Gasteiger partial charge in [-0.1, -0.05) is 12.1 Å². The third-order valence-electron chi connectivity index (χ3n) is 3.60. The maximum atomic E-state index is 11.3. The lowest BCUT2D eigenvalue weighted by molar-refractivity contribution is 0.112. The van der Waals surface area contributed by atoms with Crippen molar-refractivity contribution in [2.45, 2.75) is 27.7 Å². The zero-order valence-electron chi connectivity index (χ0n) is 12.0. The van der Waals surface area contributed by atoms with Crippen LogP contribution in [-0.4, -0.2) is 24.4 Å². The number of aryl methyl sites for hydroxylation is 2. The van der Waals surface area contributed by atoms with E-state index >= 15 is 0 Å². The molecular formula is C16H20N2O. The highest BCUT2D eigenvalue weighted by molar-refractivity contribution is 5.94. The van der Waals surface area contributed by atoms with Gasteiger partial charge in [-0.2, -0.15) is 0 Å². The van der Waals surface area contributed by atoms with Gasteiger partial charge in [-0.3, -0.25) is 4.79 Å². The van der Waals surface area contributed by atoms with E-state index in [1.807, 2.05) is 6.07 Å². The number of fused-ring (bicyclic) bond motifs is 1. The van der Waals surface area contributed by atoms with E-state index in [0.29, 0.717) is 5.56 Å². The fourth-order valence-electron chi connectivity index (χ4n) is 2.40. The Bertz CT molecular complexity index is 616. The zero-order chi connectivity index (χ0) is 14.0. The maximum absolute atomic E-state index is 11.3. The highest BCUT2D eigenvalue weighted by Crippen LogP contribution is 2.26. The van der Waals surface area contributed by atoms with Gasteiger partial charge in [0.1, 0.15) is 5.82 Å². The van der Waals surface area contributed by atoms with Crippen LogP contribution < -0.4 is 4.90 Å². The predicted octanol–water partition coefficient (Wildman–Crippen LogP) is 3.51. The molecule has 0 aliphatic rings. The van der Waals surface area contributed by atoms with E-state index in [1.54, 1.807) is 0 Å². The second-order valence-electron chi connectivity index (χ2n) is 4.79. The molecule has 0 spiro atoms. The summed E-state index contributed by atoms with van der Waals surface area (Å²) in [6.07, 6.45) is 0.905. The Morgan fingerprint density at radius 1 is 1.16 bits per heavy atom.